The molecule has 0 saturated carbocycles. The third-order valence-electron chi connectivity index (χ3n) is 3.56. The fourth-order valence-electron chi connectivity index (χ4n) is 2.21. The van der Waals surface area contributed by atoms with Gasteiger partial charge in [0.1, 0.15) is 11.6 Å². The summed E-state index contributed by atoms with van der Waals surface area (Å²) in [5.74, 6) is 1.81. The van der Waals surface area contributed by atoms with Gasteiger partial charge in [-0.15, -0.1) is 10.2 Å². The first kappa shape index (κ1) is 16.8. The van der Waals surface area contributed by atoms with E-state index in [1.807, 2.05) is 35.9 Å². The number of thioether (sulfide) groups is 1. The van der Waals surface area contributed by atoms with Crippen molar-refractivity contribution < 1.29 is 9.13 Å². The monoisotopic (exact) mass is 363 g/mol. The molecule has 0 unspecified atom stereocenters. The molecule has 7 heteroatoms. The fraction of sp³-hybridized carbons (Fsp3) is 0.176. The molecular weight excluding hydrogens is 349 g/mol. The Morgan fingerprint density at radius 3 is 2.58 bits per heavy atom. The van der Waals surface area contributed by atoms with Crippen LogP contribution >= 0.6 is 23.4 Å². The number of halogens is 2. The molecule has 0 aliphatic carbocycles. The molecule has 3 aromatic rings. The molecule has 0 N–H and O–H groups in total. The summed E-state index contributed by atoms with van der Waals surface area (Å²) in [5, 5.41) is 9.65. The van der Waals surface area contributed by atoms with Crippen LogP contribution in [-0.2, 0) is 12.8 Å². The van der Waals surface area contributed by atoms with Crippen LogP contribution in [0, 0.1) is 5.82 Å². The van der Waals surface area contributed by atoms with Gasteiger partial charge >= 0.3 is 0 Å². The van der Waals surface area contributed by atoms with Gasteiger partial charge in [-0.05, 0) is 42.0 Å². The van der Waals surface area contributed by atoms with Crippen molar-refractivity contribution in [3.05, 3.63) is 58.9 Å². The summed E-state index contributed by atoms with van der Waals surface area (Å²) in [6.07, 6.45) is 0. The predicted molar refractivity (Wildman–Crippen MR) is 94.0 cm³/mol. The van der Waals surface area contributed by atoms with Crippen LogP contribution in [0.2, 0.25) is 5.02 Å². The van der Waals surface area contributed by atoms with Crippen LogP contribution < -0.4 is 4.74 Å². The van der Waals surface area contributed by atoms with Gasteiger partial charge in [-0.3, -0.25) is 0 Å². The van der Waals surface area contributed by atoms with Crippen LogP contribution in [0.5, 0.6) is 5.75 Å². The molecule has 0 aliphatic rings. The van der Waals surface area contributed by atoms with E-state index in [9.17, 15) is 4.39 Å². The van der Waals surface area contributed by atoms with Crippen LogP contribution in [0.25, 0.3) is 11.4 Å². The van der Waals surface area contributed by atoms with Gasteiger partial charge in [-0.25, -0.2) is 4.39 Å². The van der Waals surface area contributed by atoms with E-state index in [1.165, 1.54) is 23.9 Å². The summed E-state index contributed by atoms with van der Waals surface area (Å²) >= 11 is 7.56. The average Bonchev–Trinajstić information content (AvgIpc) is 2.95. The van der Waals surface area contributed by atoms with Crippen molar-refractivity contribution in [1.29, 1.82) is 0 Å². The van der Waals surface area contributed by atoms with E-state index in [1.54, 1.807) is 13.2 Å². The first-order valence-corrected chi connectivity index (χ1v) is 8.55. The minimum atomic E-state index is -0.339. The van der Waals surface area contributed by atoms with Gasteiger partial charge < -0.3 is 9.30 Å². The summed E-state index contributed by atoms with van der Waals surface area (Å²) in [6.45, 7) is 0. The Labute approximate surface area is 148 Å². The molecule has 0 amide bonds. The SMILES string of the molecule is COc1ccc(-c2nnc(SCc3ccc(F)cc3Cl)n2C)cc1. The summed E-state index contributed by atoms with van der Waals surface area (Å²) in [4.78, 5) is 0. The van der Waals surface area contributed by atoms with Crippen molar-refractivity contribution >= 4 is 23.4 Å². The van der Waals surface area contributed by atoms with Crippen LogP contribution in [0.4, 0.5) is 4.39 Å². The Hall–Kier alpha value is -2.05. The van der Waals surface area contributed by atoms with Gasteiger partial charge in [0.25, 0.3) is 0 Å². The van der Waals surface area contributed by atoms with Gasteiger partial charge in [0.05, 0.1) is 7.11 Å². The maximum Gasteiger partial charge on any atom is 0.191 e. The van der Waals surface area contributed by atoms with Crippen LogP contribution in [0.15, 0.2) is 47.6 Å². The highest BCUT2D eigenvalue weighted by molar-refractivity contribution is 7.98. The summed E-state index contributed by atoms with van der Waals surface area (Å²) < 4.78 is 20.2. The van der Waals surface area contributed by atoms with Crippen LogP contribution in [0.3, 0.4) is 0 Å². The molecule has 124 valence electrons. The third-order valence-corrected chi connectivity index (χ3v) is 4.98. The molecule has 0 spiro atoms. The Morgan fingerprint density at radius 2 is 1.92 bits per heavy atom. The lowest BCUT2D eigenvalue weighted by Crippen LogP contribution is -1.95. The van der Waals surface area contributed by atoms with E-state index in [-0.39, 0.29) is 5.82 Å². The molecular formula is C17H15ClFN3OS. The van der Waals surface area contributed by atoms with E-state index in [0.717, 1.165) is 27.9 Å². The lowest BCUT2D eigenvalue weighted by Gasteiger charge is -2.06. The number of rotatable bonds is 5. The minimum Gasteiger partial charge on any atom is -0.497 e. The molecule has 0 radical (unpaired) electrons. The minimum absolute atomic E-state index is 0.339. The lowest BCUT2D eigenvalue weighted by atomic mass is 10.2. The van der Waals surface area contributed by atoms with Crippen LogP contribution in [-0.4, -0.2) is 21.9 Å². The van der Waals surface area contributed by atoms with Gasteiger partial charge in [0.2, 0.25) is 0 Å². The number of aromatic nitrogens is 3. The first-order chi connectivity index (χ1) is 11.6. The number of hydrogen-bond donors (Lipinski definition) is 0. The molecule has 0 fully saturated rings. The highest BCUT2D eigenvalue weighted by Crippen LogP contribution is 2.28. The molecule has 0 bridgehead atoms. The van der Waals surface area contributed by atoms with E-state index in [0.29, 0.717) is 10.8 Å². The van der Waals surface area contributed by atoms with Crippen molar-refractivity contribution in [3.63, 3.8) is 0 Å². The molecule has 4 nitrogen and oxygen atoms in total. The largest absolute Gasteiger partial charge is 0.497 e. The topological polar surface area (TPSA) is 39.9 Å². The van der Waals surface area contributed by atoms with E-state index in [2.05, 4.69) is 10.2 Å². The maximum absolute atomic E-state index is 13.1. The molecule has 0 aliphatic heterocycles. The third kappa shape index (κ3) is 3.55. The van der Waals surface area contributed by atoms with Crippen molar-refractivity contribution in [3.8, 4) is 17.1 Å². The summed E-state index contributed by atoms with van der Waals surface area (Å²) in [6, 6.07) is 12.1. The van der Waals surface area contributed by atoms with Crippen molar-refractivity contribution in [2.45, 2.75) is 10.9 Å². The number of nitrogens with zero attached hydrogens (tertiary/aromatic N) is 3. The highest BCUT2D eigenvalue weighted by atomic mass is 35.5. The number of methoxy groups -OCH3 is 1. The molecule has 1 aromatic heterocycles. The number of ether oxygens (including phenoxy) is 1. The molecule has 0 saturated heterocycles. The van der Waals surface area contributed by atoms with Crippen molar-refractivity contribution in [1.82, 2.24) is 14.8 Å². The smallest absolute Gasteiger partial charge is 0.191 e. The number of benzene rings is 2. The van der Waals surface area contributed by atoms with Gasteiger partial charge in [-0.2, -0.15) is 0 Å². The molecule has 0 atom stereocenters. The Kier molecular flexibility index (Phi) is 5.06. The quantitative estimate of drug-likeness (QED) is 0.622. The highest BCUT2D eigenvalue weighted by Gasteiger charge is 2.12. The molecule has 24 heavy (non-hydrogen) atoms. The Bertz CT molecular complexity index is 852. The van der Waals surface area contributed by atoms with Crippen LogP contribution in [0.1, 0.15) is 5.56 Å². The van der Waals surface area contributed by atoms with Crippen molar-refractivity contribution in [2.75, 3.05) is 7.11 Å². The molecule has 1 heterocycles. The maximum atomic E-state index is 13.1. The van der Waals surface area contributed by atoms with E-state index < -0.39 is 0 Å². The standard InChI is InChI=1S/C17H15ClFN3OS/c1-22-16(11-4-7-14(23-2)8-5-11)20-21-17(22)24-10-12-3-6-13(19)9-15(12)18/h3-9H,10H2,1-2H3. The van der Waals surface area contributed by atoms with Gasteiger partial charge in [0.15, 0.2) is 11.0 Å². The second-order valence-electron chi connectivity index (χ2n) is 5.12. The summed E-state index contributed by atoms with van der Waals surface area (Å²) in [5.41, 5.74) is 1.81. The van der Waals surface area contributed by atoms with E-state index in [4.69, 9.17) is 16.3 Å². The second-order valence-corrected chi connectivity index (χ2v) is 6.47. The fourth-order valence-corrected chi connectivity index (χ4v) is 3.44. The predicted octanol–water partition coefficient (Wildman–Crippen LogP) is 4.58. The van der Waals surface area contributed by atoms with Gasteiger partial charge in [0, 0.05) is 23.4 Å². The average molecular weight is 364 g/mol. The second kappa shape index (κ2) is 7.23. The van der Waals surface area contributed by atoms with Gasteiger partial charge in [-0.1, -0.05) is 29.4 Å². The molecule has 3 rings (SSSR count). The Morgan fingerprint density at radius 1 is 1.17 bits per heavy atom. The zero-order valence-electron chi connectivity index (χ0n) is 13.2. The normalized spacial score (nSPS) is 10.8. The zero-order chi connectivity index (χ0) is 17.1. The zero-order valence-corrected chi connectivity index (χ0v) is 14.7. The lowest BCUT2D eigenvalue weighted by molar-refractivity contribution is 0.415. The Balaban J connectivity index is 1.77. The van der Waals surface area contributed by atoms with E-state index >= 15 is 0 Å². The molecule has 2 aromatic carbocycles. The first-order valence-electron chi connectivity index (χ1n) is 7.19. The summed E-state index contributed by atoms with van der Waals surface area (Å²) in [7, 11) is 3.54. The van der Waals surface area contributed by atoms with Crippen molar-refractivity contribution in [2.24, 2.45) is 7.05 Å². The number of hydrogen-bond acceptors (Lipinski definition) is 4.